The molecule has 0 amide bonds. The first kappa shape index (κ1) is 14.3. The number of ketones is 1. The number of rotatable bonds is 2. The topological polar surface area (TPSA) is 29.1 Å². The molecular weight excluding hydrogens is 282 g/mol. The lowest BCUT2D eigenvalue weighted by atomic mass is 9.81. The van der Waals surface area contributed by atoms with Gasteiger partial charge >= 0.3 is 0 Å². The van der Waals surface area contributed by atoms with Gasteiger partial charge in [0.15, 0.2) is 0 Å². The van der Waals surface area contributed by atoms with Crippen molar-refractivity contribution in [3.63, 3.8) is 0 Å². The second kappa shape index (κ2) is 5.09. The summed E-state index contributed by atoms with van der Waals surface area (Å²) in [4.78, 5) is 11.9. The Labute approximate surface area is 137 Å². The summed E-state index contributed by atoms with van der Waals surface area (Å²) in [6.07, 6.45) is 4.35. The van der Waals surface area contributed by atoms with E-state index in [9.17, 15) is 4.79 Å². The van der Waals surface area contributed by atoms with Crippen LogP contribution in [0.2, 0.25) is 0 Å². The number of benzene rings is 2. The highest BCUT2D eigenvalue weighted by molar-refractivity contribution is 5.84. The molecule has 0 bridgehead atoms. The van der Waals surface area contributed by atoms with Gasteiger partial charge in [0.1, 0.15) is 5.78 Å². The van der Waals surface area contributed by atoms with Crippen molar-refractivity contribution in [3.05, 3.63) is 65.4 Å². The van der Waals surface area contributed by atoms with Crippen LogP contribution in [0.5, 0.6) is 0 Å². The standard InChI is InChI=1S/C21H21NO/c1-21(2)12-17(11-18(23)13-21)22-16-7-8-20-15(10-16)9-14-5-3-4-6-19(14)20/h3-8,10,12,22H,9,11,13H2,1-2H3. The number of carbonyl (C=O) groups is 1. The van der Waals surface area contributed by atoms with E-state index in [1.54, 1.807) is 0 Å². The van der Waals surface area contributed by atoms with E-state index in [0.29, 0.717) is 18.6 Å². The fourth-order valence-corrected chi connectivity index (χ4v) is 3.85. The second-order valence-electron chi connectivity index (χ2n) is 7.38. The molecule has 2 aliphatic rings. The summed E-state index contributed by atoms with van der Waals surface area (Å²) in [7, 11) is 0. The molecule has 0 aromatic heterocycles. The van der Waals surface area contributed by atoms with Gasteiger partial charge in [-0.2, -0.15) is 0 Å². The van der Waals surface area contributed by atoms with Crippen LogP contribution in [-0.4, -0.2) is 5.78 Å². The Bertz CT molecular complexity index is 829. The molecule has 0 atom stereocenters. The first-order valence-corrected chi connectivity index (χ1v) is 8.22. The molecule has 0 aliphatic heterocycles. The molecule has 23 heavy (non-hydrogen) atoms. The first-order valence-electron chi connectivity index (χ1n) is 8.22. The summed E-state index contributed by atoms with van der Waals surface area (Å²) in [6.45, 7) is 4.23. The third-order valence-corrected chi connectivity index (χ3v) is 4.70. The van der Waals surface area contributed by atoms with Crippen molar-refractivity contribution in [2.75, 3.05) is 5.32 Å². The molecule has 4 rings (SSSR count). The average molecular weight is 303 g/mol. The summed E-state index contributed by atoms with van der Waals surface area (Å²) in [5.74, 6) is 0.313. The molecule has 0 spiro atoms. The molecule has 2 nitrogen and oxygen atoms in total. The molecule has 116 valence electrons. The van der Waals surface area contributed by atoms with E-state index in [1.165, 1.54) is 22.3 Å². The molecule has 2 heteroatoms. The summed E-state index contributed by atoms with van der Waals surface area (Å²) in [6, 6.07) is 15.1. The number of Topliss-reactive ketones (excluding diaryl/α,β-unsaturated/α-hetero) is 1. The third kappa shape index (κ3) is 2.70. The van der Waals surface area contributed by atoms with E-state index in [4.69, 9.17) is 0 Å². The fraction of sp³-hybridized carbons (Fsp3) is 0.286. The number of carbonyl (C=O) groups excluding carboxylic acids is 1. The van der Waals surface area contributed by atoms with Crippen LogP contribution in [0.15, 0.2) is 54.2 Å². The molecule has 0 heterocycles. The summed E-state index contributed by atoms with van der Waals surface area (Å²) in [5, 5.41) is 3.46. The lowest BCUT2D eigenvalue weighted by Crippen LogP contribution is -2.23. The second-order valence-corrected chi connectivity index (χ2v) is 7.38. The Morgan fingerprint density at radius 3 is 2.57 bits per heavy atom. The van der Waals surface area contributed by atoms with Crippen LogP contribution in [0.25, 0.3) is 11.1 Å². The minimum Gasteiger partial charge on any atom is -0.359 e. The largest absolute Gasteiger partial charge is 0.359 e. The van der Waals surface area contributed by atoms with E-state index in [-0.39, 0.29) is 5.41 Å². The van der Waals surface area contributed by atoms with Crippen molar-refractivity contribution >= 4 is 11.5 Å². The highest BCUT2D eigenvalue weighted by Crippen LogP contribution is 2.38. The summed E-state index contributed by atoms with van der Waals surface area (Å²) in [5.41, 5.74) is 7.49. The maximum Gasteiger partial charge on any atom is 0.139 e. The van der Waals surface area contributed by atoms with E-state index in [2.05, 4.69) is 67.7 Å². The fourth-order valence-electron chi connectivity index (χ4n) is 3.85. The third-order valence-electron chi connectivity index (χ3n) is 4.70. The predicted octanol–water partition coefficient (Wildman–Crippen LogP) is 4.94. The van der Waals surface area contributed by atoms with Gasteiger partial charge in [0.2, 0.25) is 0 Å². The van der Waals surface area contributed by atoms with Gasteiger partial charge in [0.05, 0.1) is 0 Å². The number of anilines is 1. The molecular formula is C21H21NO. The van der Waals surface area contributed by atoms with E-state index >= 15 is 0 Å². The number of nitrogens with one attached hydrogen (secondary N) is 1. The Morgan fingerprint density at radius 2 is 1.74 bits per heavy atom. The Morgan fingerprint density at radius 1 is 0.957 bits per heavy atom. The molecule has 2 aliphatic carbocycles. The van der Waals surface area contributed by atoms with Crippen molar-refractivity contribution in [3.8, 4) is 11.1 Å². The molecule has 0 unspecified atom stereocenters. The molecule has 1 N–H and O–H groups in total. The normalized spacial score (nSPS) is 18.2. The molecule has 0 fully saturated rings. The van der Waals surface area contributed by atoms with E-state index in [1.807, 2.05) is 0 Å². The maximum absolute atomic E-state index is 11.9. The first-order chi connectivity index (χ1) is 11.0. The Hall–Kier alpha value is -2.35. The molecule has 0 saturated heterocycles. The minimum absolute atomic E-state index is 0.0510. The molecule has 2 aromatic rings. The monoisotopic (exact) mass is 303 g/mol. The van der Waals surface area contributed by atoms with Gasteiger partial charge in [-0.3, -0.25) is 4.79 Å². The van der Waals surface area contributed by atoms with E-state index < -0.39 is 0 Å². The van der Waals surface area contributed by atoms with Crippen molar-refractivity contribution in [1.29, 1.82) is 0 Å². The van der Waals surface area contributed by atoms with Crippen LogP contribution in [0.3, 0.4) is 0 Å². The molecule has 0 saturated carbocycles. The number of allylic oxidation sites excluding steroid dienone is 2. The lowest BCUT2D eigenvalue weighted by Gasteiger charge is -2.27. The van der Waals surface area contributed by atoms with Gasteiger partial charge in [-0.1, -0.05) is 50.3 Å². The van der Waals surface area contributed by atoms with Crippen LogP contribution >= 0.6 is 0 Å². The van der Waals surface area contributed by atoms with Crippen molar-refractivity contribution in [2.24, 2.45) is 5.41 Å². The van der Waals surface area contributed by atoms with Crippen molar-refractivity contribution in [1.82, 2.24) is 0 Å². The molecule has 2 aromatic carbocycles. The SMILES string of the molecule is CC1(C)C=C(Nc2ccc3c(c2)Cc2ccccc2-3)CC(=O)C1. The van der Waals surface area contributed by atoms with Crippen LogP contribution in [0, 0.1) is 5.41 Å². The number of hydrogen-bond acceptors (Lipinski definition) is 2. The average Bonchev–Trinajstić information content (AvgIpc) is 2.82. The van der Waals surface area contributed by atoms with Gasteiger partial charge in [-0.05, 0) is 46.2 Å². The van der Waals surface area contributed by atoms with Crippen molar-refractivity contribution < 1.29 is 4.79 Å². The maximum atomic E-state index is 11.9. The Balaban J connectivity index is 1.62. The predicted molar refractivity (Wildman–Crippen MR) is 94.4 cm³/mol. The summed E-state index contributed by atoms with van der Waals surface area (Å²) < 4.78 is 0. The minimum atomic E-state index is -0.0510. The smallest absolute Gasteiger partial charge is 0.139 e. The lowest BCUT2D eigenvalue weighted by molar-refractivity contribution is -0.120. The van der Waals surface area contributed by atoms with Crippen LogP contribution in [-0.2, 0) is 11.2 Å². The van der Waals surface area contributed by atoms with Gasteiger partial charge in [0, 0.05) is 24.2 Å². The van der Waals surface area contributed by atoms with Crippen LogP contribution < -0.4 is 5.32 Å². The van der Waals surface area contributed by atoms with E-state index in [0.717, 1.165) is 17.8 Å². The van der Waals surface area contributed by atoms with Gasteiger partial charge in [-0.25, -0.2) is 0 Å². The summed E-state index contributed by atoms with van der Waals surface area (Å²) >= 11 is 0. The molecule has 0 radical (unpaired) electrons. The van der Waals surface area contributed by atoms with Crippen molar-refractivity contribution in [2.45, 2.75) is 33.1 Å². The van der Waals surface area contributed by atoms with Gasteiger partial charge in [0.25, 0.3) is 0 Å². The van der Waals surface area contributed by atoms with Crippen LogP contribution in [0.1, 0.15) is 37.8 Å². The highest BCUT2D eigenvalue weighted by Gasteiger charge is 2.26. The zero-order valence-electron chi connectivity index (χ0n) is 13.6. The Kier molecular flexibility index (Phi) is 3.15. The van der Waals surface area contributed by atoms with Gasteiger partial charge in [-0.15, -0.1) is 0 Å². The number of hydrogen-bond donors (Lipinski definition) is 1. The highest BCUT2D eigenvalue weighted by atomic mass is 16.1. The quantitative estimate of drug-likeness (QED) is 0.726. The van der Waals surface area contributed by atoms with Gasteiger partial charge < -0.3 is 5.32 Å². The zero-order valence-corrected chi connectivity index (χ0v) is 13.6. The van der Waals surface area contributed by atoms with Crippen LogP contribution in [0.4, 0.5) is 5.69 Å². The zero-order chi connectivity index (χ0) is 16.0. The number of fused-ring (bicyclic) bond motifs is 3.